The van der Waals surface area contributed by atoms with Crippen LogP contribution >= 0.6 is 0 Å². The lowest BCUT2D eigenvalue weighted by Crippen LogP contribution is -2.42. The average molecular weight is 439 g/mol. The Hall–Kier alpha value is -2.38. The smallest absolute Gasteiger partial charge is 0.441 e. The third kappa shape index (κ3) is 6.35. The predicted molar refractivity (Wildman–Crippen MR) is 94.3 cm³/mol. The molecule has 13 heteroatoms. The molecule has 0 aromatic heterocycles. The fourth-order valence-electron chi connectivity index (χ4n) is 1.77. The molecule has 1 aromatic rings. The summed E-state index contributed by atoms with van der Waals surface area (Å²) in [5.74, 6) is 0. The van der Waals surface area contributed by atoms with Crippen LogP contribution in [0.5, 0.6) is 0 Å². The number of sulfonamides is 1. The van der Waals surface area contributed by atoms with Gasteiger partial charge >= 0.3 is 22.3 Å². The monoisotopic (exact) mass is 439 g/mol. The lowest BCUT2D eigenvalue weighted by Gasteiger charge is -2.25. The highest BCUT2D eigenvalue weighted by atomic mass is 32.2. The van der Waals surface area contributed by atoms with Crippen molar-refractivity contribution < 1.29 is 45.8 Å². The van der Waals surface area contributed by atoms with Crippen LogP contribution in [-0.2, 0) is 34.2 Å². The van der Waals surface area contributed by atoms with Gasteiger partial charge in [-0.25, -0.2) is 18.0 Å². The second kappa shape index (κ2) is 8.75. The molecule has 1 aromatic carbocycles. The molecule has 1 N–H and O–H groups in total. The number of rotatable bonds is 5. The molecule has 0 bridgehead atoms. The van der Waals surface area contributed by atoms with Crippen LogP contribution < -0.4 is 0 Å². The van der Waals surface area contributed by atoms with Crippen LogP contribution in [0.15, 0.2) is 34.1 Å². The van der Waals surface area contributed by atoms with Crippen LogP contribution in [0, 0.1) is 0 Å². The Balaban J connectivity index is 3.47. The topological polar surface area (TPSA) is 154 Å². The van der Waals surface area contributed by atoms with Crippen LogP contribution in [-0.4, -0.2) is 63.7 Å². The van der Waals surface area contributed by atoms with Crippen molar-refractivity contribution in [1.29, 1.82) is 0 Å². The molecule has 0 aliphatic heterocycles. The third-order valence-corrected chi connectivity index (χ3v) is 5.61. The van der Waals surface area contributed by atoms with Crippen molar-refractivity contribution in [2.24, 2.45) is 0 Å². The average Bonchev–Trinajstić information content (AvgIpc) is 2.55. The van der Waals surface area contributed by atoms with Gasteiger partial charge in [-0.1, -0.05) is 12.1 Å². The van der Waals surface area contributed by atoms with Gasteiger partial charge in [0.2, 0.25) is 0 Å². The van der Waals surface area contributed by atoms with Gasteiger partial charge in [-0.2, -0.15) is 8.42 Å². The molecule has 0 heterocycles. The molecule has 0 aliphatic rings. The van der Waals surface area contributed by atoms with Crippen LogP contribution in [0.4, 0.5) is 9.59 Å². The summed E-state index contributed by atoms with van der Waals surface area (Å²) >= 11 is 0. The van der Waals surface area contributed by atoms with Crippen molar-refractivity contribution in [1.82, 2.24) is 4.47 Å². The zero-order chi connectivity index (χ0) is 21.8. The van der Waals surface area contributed by atoms with Crippen molar-refractivity contribution in [3.8, 4) is 0 Å². The van der Waals surface area contributed by atoms with E-state index >= 15 is 0 Å². The van der Waals surface area contributed by atoms with Crippen molar-refractivity contribution in [3.05, 3.63) is 24.3 Å². The summed E-state index contributed by atoms with van der Waals surface area (Å²) in [5.41, 5.74) is -1.17. The van der Waals surface area contributed by atoms with Gasteiger partial charge in [0.05, 0.1) is 11.5 Å². The molecule has 1 rings (SSSR count). The van der Waals surface area contributed by atoms with Gasteiger partial charge in [0.25, 0.3) is 0 Å². The summed E-state index contributed by atoms with van der Waals surface area (Å²) in [6.07, 6.45) is -2.45. The Morgan fingerprint density at radius 2 is 1.61 bits per heavy atom. The molecule has 0 saturated carbocycles. The van der Waals surface area contributed by atoms with Gasteiger partial charge in [0.1, 0.15) is 17.1 Å². The molecule has 0 aliphatic carbocycles. The number of carbonyl (C=O) groups excluding carboxylic acids is 2. The SMILES string of the molecule is CC(C)(C)OC(=O)N(OC(=O)OCCO)S(=O)(=O)c1ccccc1S(C)(=O)=O. The number of hydroxylamine groups is 1. The molecule has 0 fully saturated rings. The van der Waals surface area contributed by atoms with Gasteiger partial charge in [-0.05, 0) is 37.4 Å². The summed E-state index contributed by atoms with van der Waals surface area (Å²) in [5, 5.41) is 8.65. The Kier molecular flexibility index (Phi) is 7.39. The molecule has 11 nitrogen and oxygen atoms in total. The maximum atomic E-state index is 12.9. The van der Waals surface area contributed by atoms with E-state index in [9.17, 15) is 26.4 Å². The number of aliphatic hydroxyl groups excluding tert-OH is 1. The van der Waals surface area contributed by atoms with Crippen LogP contribution in [0.25, 0.3) is 0 Å². The van der Waals surface area contributed by atoms with E-state index in [2.05, 4.69) is 9.57 Å². The number of nitrogens with zero attached hydrogens (tertiary/aromatic N) is 1. The van der Waals surface area contributed by atoms with Gasteiger partial charge < -0.3 is 14.6 Å². The third-order valence-electron chi connectivity index (χ3n) is 2.76. The minimum atomic E-state index is -5.01. The number of hydrogen-bond donors (Lipinski definition) is 1. The van der Waals surface area contributed by atoms with Gasteiger partial charge in [-0.3, -0.25) is 4.84 Å². The van der Waals surface area contributed by atoms with Crippen molar-refractivity contribution in [3.63, 3.8) is 0 Å². The number of ether oxygens (including phenoxy) is 2. The summed E-state index contributed by atoms with van der Waals surface area (Å²) in [4.78, 5) is 27.0. The van der Waals surface area contributed by atoms with Crippen molar-refractivity contribution in [2.45, 2.75) is 36.2 Å². The predicted octanol–water partition coefficient (Wildman–Crippen LogP) is 1.08. The molecule has 1 amide bonds. The van der Waals surface area contributed by atoms with E-state index < -0.39 is 65.2 Å². The standard InChI is InChI=1S/C15H21NO10S2/c1-15(2,3)25-13(18)16(26-14(19)24-10-9-17)28(22,23)12-8-6-5-7-11(12)27(4,20)21/h5-8,17H,9-10H2,1-4H3. The molecule has 28 heavy (non-hydrogen) atoms. The van der Waals surface area contributed by atoms with Gasteiger partial charge in [-0.15, -0.1) is 0 Å². The lowest BCUT2D eigenvalue weighted by molar-refractivity contribution is -0.0748. The highest BCUT2D eigenvalue weighted by molar-refractivity contribution is 7.93. The molecular formula is C15H21NO10S2. The Morgan fingerprint density at radius 3 is 2.07 bits per heavy atom. The summed E-state index contributed by atoms with van der Waals surface area (Å²) in [7, 11) is -9.03. The molecule has 0 radical (unpaired) electrons. The molecule has 0 unspecified atom stereocenters. The van der Waals surface area contributed by atoms with E-state index in [0.717, 1.165) is 18.4 Å². The molecule has 158 valence electrons. The first-order valence-corrected chi connectivity index (χ1v) is 11.1. The van der Waals surface area contributed by atoms with Crippen molar-refractivity contribution >= 4 is 32.1 Å². The Morgan fingerprint density at radius 1 is 1.07 bits per heavy atom. The molecule has 0 saturated heterocycles. The van der Waals surface area contributed by atoms with Crippen LogP contribution in [0.2, 0.25) is 0 Å². The second-order valence-electron chi connectivity index (χ2n) is 6.34. The van der Waals surface area contributed by atoms with E-state index in [1.165, 1.54) is 32.9 Å². The van der Waals surface area contributed by atoms with Crippen molar-refractivity contribution in [2.75, 3.05) is 19.5 Å². The molecule has 0 atom stereocenters. The number of sulfone groups is 1. The van der Waals surface area contributed by atoms with Crippen LogP contribution in [0.1, 0.15) is 20.8 Å². The van der Waals surface area contributed by atoms with E-state index in [1.54, 1.807) is 0 Å². The number of benzene rings is 1. The minimum Gasteiger partial charge on any atom is -0.441 e. The van der Waals surface area contributed by atoms with E-state index in [4.69, 9.17) is 9.84 Å². The second-order valence-corrected chi connectivity index (χ2v) is 10.1. The normalized spacial score (nSPS) is 12.2. The molecule has 0 spiro atoms. The van der Waals surface area contributed by atoms with E-state index in [0.29, 0.717) is 0 Å². The Bertz CT molecular complexity index is 932. The van der Waals surface area contributed by atoms with Gasteiger partial charge in [0, 0.05) is 6.26 Å². The fraction of sp³-hybridized carbons (Fsp3) is 0.467. The first-order chi connectivity index (χ1) is 12.7. The maximum Gasteiger partial charge on any atom is 0.534 e. The Labute approximate surface area is 162 Å². The quantitative estimate of drug-likeness (QED) is 0.520. The largest absolute Gasteiger partial charge is 0.534 e. The first-order valence-electron chi connectivity index (χ1n) is 7.73. The van der Waals surface area contributed by atoms with E-state index in [1.807, 2.05) is 0 Å². The lowest BCUT2D eigenvalue weighted by atomic mass is 10.2. The summed E-state index contributed by atoms with van der Waals surface area (Å²) in [6.45, 7) is 3.20. The minimum absolute atomic E-state index is 0.401. The van der Waals surface area contributed by atoms with Crippen LogP contribution in [0.3, 0.4) is 0 Å². The zero-order valence-electron chi connectivity index (χ0n) is 15.6. The summed E-state index contributed by atoms with van der Waals surface area (Å²) in [6, 6.07) is 4.44. The maximum absolute atomic E-state index is 12.9. The number of carbonyl (C=O) groups is 2. The number of hydrogen-bond acceptors (Lipinski definition) is 10. The van der Waals surface area contributed by atoms with E-state index in [-0.39, 0.29) is 0 Å². The summed E-state index contributed by atoms with van der Waals surface area (Å²) < 4.78 is 58.6. The fourth-order valence-corrected chi connectivity index (χ4v) is 4.44. The highest BCUT2D eigenvalue weighted by Crippen LogP contribution is 2.26. The number of amides is 1. The first kappa shape index (κ1) is 23.7. The molecular weight excluding hydrogens is 418 g/mol. The zero-order valence-corrected chi connectivity index (χ0v) is 17.2. The van der Waals surface area contributed by atoms with Gasteiger partial charge in [0.15, 0.2) is 9.84 Å². The highest BCUT2D eigenvalue weighted by Gasteiger charge is 2.40. The number of aliphatic hydroxyl groups is 1.